The minimum atomic E-state index is -1.74. The van der Waals surface area contributed by atoms with Crippen LogP contribution in [0.3, 0.4) is 0 Å². The van der Waals surface area contributed by atoms with Crippen molar-refractivity contribution in [3.8, 4) is 0 Å². The van der Waals surface area contributed by atoms with Gasteiger partial charge in [0, 0.05) is 7.11 Å². The Bertz CT molecular complexity index is 715. The van der Waals surface area contributed by atoms with Crippen LogP contribution in [0.4, 0.5) is 0 Å². The Kier molecular flexibility index (Phi) is 12.9. The van der Waals surface area contributed by atoms with E-state index in [4.69, 9.17) is 9.47 Å². The Morgan fingerprint density at radius 1 is 1.00 bits per heavy atom. The van der Waals surface area contributed by atoms with Gasteiger partial charge in [-0.25, -0.2) is 0 Å². The molecule has 0 aromatic heterocycles. The highest BCUT2D eigenvalue weighted by molar-refractivity contribution is 5.89. The number of nitrogens with one attached hydrogen (secondary N) is 2. The first-order valence-electron chi connectivity index (χ1n) is 12.3. The first kappa shape index (κ1) is 31.0. The van der Waals surface area contributed by atoms with Crippen LogP contribution in [0.1, 0.15) is 66.7 Å². The van der Waals surface area contributed by atoms with Crippen LogP contribution in [0.2, 0.25) is 0 Å². The minimum Gasteiger partial charge on any atom is -0.461 e. The molecule has 0 aromatic rings. The number of carbonyl (C=O) groups is 3. The summed E-state index contributed by atoms with van der Waals surface area (Å²) in [6.45, 7) is 8.92. The number of aliphatic hydroxyl groups excluding tert-OH is 3. The fourth-order valence-corrected chi connectivity index (χ4v) is 3.72. The second-order valence-electron chi connectivity index (χ2n) is 10.4. The Balaban J connectivity index is 2.54. The van der Waals surface area contributed by atoms with E-state index in [-0.39, 0.29) is 23.8 Å². The fraction of sp³-hybridized carbons (Fsp3) is 0.800. The van der Waals surface area contributed by atoms with Gasteiger partial charge in [-0.15, -0.1) is 0 Å². The van der Waals surface area contributed by atoms with E-state index in [0.717, 1.165) is 32.1 Å². The molecule has 10 nitrogen and oxygen atoms in total. The largest absolute Gasteiger partial charge is 0.461 e. The number of esters is 1. The first-order chi connectivity index (χ1) is 16.3. The van der Waals surface area contributed by atoms with Crippen molar-refractivity contribution in [1.29, 1.82) is 0 Å². The zero-order valence-electron chi connectivity index (χ0n) is 21.8. The molecule has 0 heterocycles. The van der Waals surface area contributed by atoms with Gasteiger partial charge in [-0.2, -0.15) is 0 Å². The summed E-state index contributed by atoms with van der Waals surface area (Å²) in [5.41, 5.74) is -0.252. The number of carbonyl (C=O) groups excluding carboxylic acids is 3. The van der Waals surface area contributed by atoms with Crippen LogP contribution >= 0.6 is 0 Å². The zero-order chi connectivity index (χ0) is 26.8. The SMILES string of the molecule is CO[C@@H](C(=O)N[C@@H](C)C(=O)NCC(C)OC(=O)C1CCCCC1)[C@H](O)[C@@H](O)[C@H](O)/C=C/C(C)(C)C. The lowest BCUT2D eigenvalue weighted by molar-refractivity contribution is -0.154. The summed E-state index contributed by atoms with van der Waals surface area (Å²) in [5, 5.41) is 35.8. The number of hydrogen-bond donors (Lipinski definition) is 5. The van der Waals surface area contributed by atoms with Crippen LogP contribution in [-0.2, 0) is 23.9 Å². The molecule has 0 aliphatic heterocycles. The average Bonchev–Trinajstić information content (AvgIpc) is 2.80. The van der Waals surface area contributed by atoms with E-state index >= 15 is 0 Å². The van der Waals surface area contributed by atoms with E-state index in [9.17, 15) is 29.7 Å². The van der Waals surface area contributed by atoms with Gasteiger partial charge in [0.15, 0.2) is 6.10 Å². The average molecular weight is 501 g/mol. The molecule has 0 aromatic carbocycles. The molecule has 1 rings (SSSR count). The summed E-state index contributed by atoms with van der Waals surface area (Å²) < 4.78 is 10.5. The van der Waals surface area contributed by atoms with Gasteiger partial charge in [-0.1, -0.05) is 52.2 Å². The molecule has 5 N–H and O–H groups in total. The normalized spacial score (nSPS) is 20.4. The third kappa shape index (κ3) is 11.1. The third-order valence-electron chi connectivity index (χ3n) is 5.89. The molecule has 10 heteroatoms. The van der Waals surface area contributed by atoms with Crippen LogP contribution in [0.5, 0.6) is 0 Å². The number of amides is 2. The monoisotopic (exact) mass is 500 g/mol. The van der Waals surface area contributed by atoms with E-state index in [1.165, 1.54) is 20.1 Å². The predicted octanol–water partition coefficient (Wildman–Crippen LogP) is 0.819. The maximum absolute atomic E-state index is 12.6. The molecular weight excluding hydrogens is 456 g/mol. The number of methoxy groups -OCH3 is 1. The van der Waals surface area contributed by atoms with Gasteiger partial charge < -0.3 is 35.4 Å². The molecule has 6 atom stereocenters. The molecule has 1 aliphatic rings. The van der Waals surface area contributed by atoms with Gasteiger partial charge >= 0.3 is 5.97 Å². The maximum Gasteiger partial charge on any atom is 0.309 e. The molecule has 1 unspecified atom stereocenters. The molecule has 1 saturated carbocycles. The summed E-state index contributed by atoms with van der Waals surface area (Å²) in [7, 11) is 1.17. The molecule has 1 aliphatic carbocycles. The van der Waals surface area contributed by atoms with Crippen LogP contribution in [0, 0.1) is 11.3 Å². The lowest BCUT2D eigenvalue weighted by atomic mass is 9.89. The van der Waals surface area contributed by atoms with Crippen LogP contribution in [0.15, 0.2) is 12.2 Å². The summed E-state index contributed by atoms with van der Waals surface area (Å²) in [6.07, 6.45) is 0.940. The van der Waals surface area contributed by atoms with Crippen LogP contribution < -0.4 is 10.6 Å². The van der Waals surface area contributed by atoms with E-state index in [2.05, 4.69) is 10.6 Å². The Morgan fingerprint density at radius 3 is 2.14 bits per heavy atom. The van der Waals surface area contributed by atoms with Crippen molar-refractivity contribution in [2.45, 2.75) is 103 Å². The van der Waals surface area contributed by atoms with Crippen molar-refractivity contribution >= 4 is 17.8 Å². The van der Waals surface area contributed by atoms with Gasteiger partial charge in [0.05, 0.1) is 12.5 Å². The van der Waals surface area contributed by atoms with Gasteiger partial charge in [-0.05, 0) is 32.1 Å². The highest BCUT2D eigenvalue weighted by Crippen LogP contribution is 2.25. The summed E-state index contributed by atoms with van der Waals surface area (Å²) in [5.74, 6) is -1.68. The van der Waals surface area contributed by atoms with Crippen molar-refractivity contribution in [2.24, 2.45) is 11.3 Å². The third-order valence-corrected chi connectivity index (χ3v) is 5.89. The van der Waals surface area contributed by atoms with E-state index in [1.54, 1.807) is 13.0 Å². The topological polar surface area (TPSA) is 154 Å². The zero-order valence-corrected chi connectivity index (χ0v) is 21.8. The number of rotatable bonds is 12. The number of allylic oxidation sites excluding steroid dienone is 1. The van der Waals surface area contributed by atoms with E-state index in [0.29, 0.717) is 0 Å². The predicted molar refractivity (Wildman–Crippen MR) is 130 cm³/mol. The van der Waals surface area contributed by atoms with E-state index < -0.39 is 48.4 Å². The molecule has 0 saturated heterocycles. The van der Waals surface area contributed by atoms with Crippen molar-refractivity contribution in [2.75, 3.05) is 13.7 Å². The smallest absolute Gasteiger partial charge is 0.309 e. The molecule has 0 bridgehead atoms. The molecule has 0 spiro atoms. The number of ether oxygens (including phenoxy) is 2. The van der Waals surface area contributed by atoms with Crippen molar-refractivity contribution < 1.29 is 39.2 Å². The fourth-order valence-electron chi connectivity index (χ4n) is 3.72. The maximum atomic E-state index is 12.6. The Labute approximate surface area is 208 Å². The van der Waals surface area contributed by atoms with Crippen molar-refractivity contribution in [3.63, 3.8) is 0 Å². The molecule has 1 fully saturated rings. The first-order valence-corrected chi connectivity index (χ1v) is 12.3. The van der Waals surface area contributed by atoms with Crippen LogP contribution in [0.25, 0.3) is 0 Å². The van der Waals surface area contributed by atoms with Crippen molar-refractivity contribution in [3.05, 3.63) is 12.2 Å². The molecular formula is C25H44N2O8. The molecule has 2 amide bonds. The molecule has 35 heavy (non-hydrogen) atoms. The summed E-state index contributed by atoms with van der Waals surface area (Å²) in [4.78, 5) is 37.2. The molecule has 202 valence electrons. The summed E-state index contributed by atoms with van der Waals surface area (Å²) in [6, 6.07) is -0.989. The second kappa shape index (κ2) is 14.5. The van der Waals surface area contributed by atoms with Gasteiger partial charge in [-0.3, -0.25) is 14.4 Å². The highest BCUT2D eigenvalue weighted by atomic mass is 16.5. The Hall–Kier alpha value is -2.01. The summed E-state index contributed by atoms with van der Waals surface area (Å²) >= 11 is 0. The van der Waals surface area contributed by atoms with Gasteiger partial charge in [0.2, 0.25) is 5.91 Å². The molecule has 0 radical (unpaired) electrons. The highest BCUT2D eigenvalue weighted by Gasteiger charge is 2.36. The van der Waals surface area contributed by atoms with Crippen LogP contribution in [-0.4, -0.2) is 83.3 Å². The number of aliphatic hydroxyl groups is 3. The Morgan fingerprint density at radius 2 is 1.60 bits per heavy atom. The minimum absolute atomic E-state index is 0.0822. The lowest BCUT2D eigenvalue weighted by Crippen LogP contribution is -2.55. The lowest BCUT2D eigenvalue weighted by Gasteiger charge is -2.28. The van der Waals surface area contributed by atoms with Gasteiger partial charge in [0.25, 0.3) is 5.91 Å². The quantitative estimate of drug-likeness (QED) is 0.195. The number of hydrogen-bond acceptors (Lipinski definition) is 8. The van der Waals surface area contributed by atoms with E-state index in [1.807, 2.05) is 20.8 Å². The van der Waals surface area contributed by atoms with Crippen molar-refractivity contribution in [1.82, 2.24) is 10.6 Å². The second-order valence-corrected chi connectivity index (χ2v) is 10.4. The standard InChI is InChI=1S/C25H44N2O8/c1-15(35-24(33)17-10-8-7-9-11-17)14-26-22(31)16(2)27-23(32)21(34-6)20(30)19(29)18(28)12-13-25(3,4)5/h12-13,15-21,28-30H,7-11,14H2,1-6H3,(H,26,31)(H,27,32)/b13-12+/t15?,16-,18+,19-,20+,21+/m0/s1. The van der Waals surface area contributed by atoms with Gasteiger partial charge in [0.1, 0.15) is 30.5 Å².